The summed E-state index contributed by atoms with van der Waals surface area (Å²) >= 11 is 0. The van der Waals surface area contributed by atoms with Crippen LogP contribution in [0.2, 0.25) is 0 Å². The maximum absolute atomic E-state index is 12.7. The molecule has 3 aromatic rings. The summed E-state index contributed by atoms with van der Waals surface area (Å²) in [5.74, 6) is 1.48. The average Bonchev–Trinajstić information content (AvgIpc) is 3.25. The molecule has 2 aromatic heterocycles. The van der Waals surface area contributed by atoms with Crippen molar-refractivity contribution in [2.45, 2.75) is 25.4 Å². The van der Waals surface area contributed by atoms with Crippen molar-refractivity contribution in [1.29, 1.82) is 0 Å². The Labute approximate surface area is 163 Å². The minimum atomic E-state index is 0.0630. The Bertz CT molecular complexity index is 916. The van der Waals surface area contributed by atoms with Gasteiger partial charge in [-0.05, 0) is 42.7 Å². The third-order valence-electron chi connectivity index (χ3n) is 5.03. The highest BCUT2D eigenvalue weighted by Gasteiger charge is 2.27. The Kier molecular flexibility index (Phi) is 5.43. The van der Waals surface area contributed by atoms with E-state index < -0.39 is 0 Å². The number of amides is 1. The molecule has 0 spiro atoms. The van der Waals surface area contributed by atoms with Crippen molar-refractivity contribution < 1.29 is 14.1 Å². The van der Waals surface area contributed by atoms with E-state index in [9.17, 15) is 4.79 Å². The highest BCUT2D eigenvalue weighted by atomic mass is 16.5. The largest absolute Gasteiger partial charge is 0.380 e. The molecule has 1 amide bonds. The van der Waals surface area contributed by atoms with Crippen LogP contribution >= 0.6 is 0 Å². The van der Waals surface area contributed by atoms with Crippen molar-refractivity contribution in [3.8, 4) is 11.5 Å². The van der Waals surface area contributed by atoms with Gasteiger partial charge in [-0.25, -0.2) is 0 Å². The second-order valence-corrected chi connectivity index (χ2v) is 6.89. The third kappa shape index (κ3) is 3.94. The van der Waals surface area contributed by atoms with E-state index in [2.05, 4.69) is 15.1 Å². The molecule has 0 saturated carbocycles. The number of ether oxygens (including phenoxy) is 1. The lowest BCUT2D eigenvalue weighted by Gasteiger charge is -2.30. The number of nitrogens with zero attached hydrogens (tertiary/aromatic N) is 4. The van der Waals surface area contributed by atoms with Gasteiger partial charge in [-0.1, -0.05) is 17.3 Å². The lowest BCUT2D eigenvalue weighted by molar-refractivity contribution is 0.0710. The van der Waals surface area contributed by atoms with Crippen LogP contribution in [0.15, 0.2) is 53.3 Å². The van der Waals surface area contributed by atoms with Crippen LogP contribution < -0.4 is 0 Å². The number of hydrogen-bond acceptors (Lipinski definition) is 6. The fraction of sp³-hybridized carbons (Fsp3) is 0.333. The Hall–Kier alpha value is -3.06. The molecular formula is C21H22N4O3. The quantitative estimate of drug-likeness (QED) is 0.678. The van der Waals surface area contributed by atoms with Crippen LogP contribution in [0.5, 0.6) is 0 Å². The van der Waals surface area contributed by atoms with E-state index in [1.54, 1.807) is 19.5 Å². The SMILES string of the molecule is COCc1ccc(C(=O)N2CCC(c3noc(-c4ccncc4)n3)CC2)cc1. The van der Waals surface area contributed by atoms with Gasteiger partial charge in [-0.3, -0.25) is 9.78 Å². The molecule has 0 bridgehead atoms. The number of rotatable bonds is 5. The first kappa shape index (κ1) is 18.3. The van der Waals surface area contributed by atoms with Gasteiger partial charge >= 0.3 is 0 Å². The zero-order chi connectivity index (χ0) is 19.3. The van der Waals surface area contributed by atoms with Crippen LogP contribution in [0, 0.1) is 0 Å². The third-order valence-corrected chi connectivity index (χ3v) is 5.03. The van der Waals surface area contributed by atoms with E-state index in [-0.39, 0.29) is 11.8 Å². The van der Waals surface area contributed by atoms with E-state index in [4.69, 9.17) is 9.26 Å². The Morgan fingerprint density at radius 1 is 1.14 bits per heavy atom. The molecule has 0 atom stereocenters. The number of aromatic nitrogens is 3. The van der Waals surface area contributed by atoms with E-state index in [1.807, 2.05) is 41.3 Å². The summed E-state index contributed by atoms with van der Waals surface area (Å²) in [6, 6.07) is 11.3. The van der Waals surface area contributed by atoms with Crippen molar-refractivity contribution >= 4 is 5.91 Å². The Morgan fingerprint density at radius 2 is 1.86 bits per heavy atom. The molecule has 1 fully saturated rings. The number of benzene rings is 1. The first-order valence-electron chi connectivity index (χ1n) is 9.36. The van der Waals surface area contributed by atoms with Gasteiger partial charge in [0, 0.05) is 49.6 Å². The summed E-state index contributed by atoms with van der Waals surface area (Å²) in [7, 11) is 1.66. The zero-order valence-corrected chi connectivity index (χ0v) is 15.7. The fourth-order valence-corrected chi connectivity index (χ4v) is 3.45. The summed E-state index contributed by atoms with van der Waals surface area (Å²) in [5.41, 5.74) is 2.62. The molecule has 0 unspecified atom stereocenters. The summed E-state index contributed by atoms with van der Waals surface area (Å²) in [4.78, 5) is 23.2. The Morgan fingerprint density at radius 3 is 2.54 bits per heavy atom. The van der Waals surface area contributed by atoms with Gasteiger partial charge in [-0.15, -0.1) is 0 Å². The van der Waals surface area contributed by atoms with Gasteiger partial charge in [0.1, 0.15) is 0 Å². The predicted molar refractivity (Wildman–Crippen MR) is 103 cm³/mol. The number of methoxy groups -OCH3 is 1. The number of hydrogen-bond donors (Lipinski definition) is 0. The predicted octanol–water partition coefficient (Wildman–Crippen LogP) is 3.30. The van der Waals surface area contributed by atoms with Crippen LogP contribution in [-0.4, -0.2) is 46.1 Å². The van der Waals surface area contributed by atoms with E-state index in [0.717, 1.165) is 24.0 Å². The average molecular weight is 378 g/mol. The second-order valence-electron chi connectivity index (χ2n) is 6.89. The zero-order valence-electron chi connectivity index (χ0n) is 15.7. The van der Waals surface area contributed by atoms with Crippen LogP contribution in [0.4, 0.5) is 0 Å². The van der Waals surface area contributed by atoms with Gasteiger partial charge in [-0.2, -0.15) is 4.98 Å². The molecule has 4 rings (SSSR count). The normalized spacial score (nSPS) is 15.0. The van der Waals surface area contributed by atoms with Gasteiger partial charge in [0.05, 0.1) is 6.61 Å². The molecule has 1 aliphatic heterocycles. The lowest BCUT2D eigenvalue weighted by atomic mass is 9.95. The minimum Gasteiger partial charge on any atom is -0.380 e. The van der Waals surface area contributed by atoms with Gasteiger partial charge < -0.3 is 14.2 Å². The molecular weight excluding hydrogens is 356 g/mol. The Balaban J connectivity index is 1.37. The number of pyridine rings is 1. The van der Waals surface area contributed by atoms with Crippen LogP contribution in [-0.2, 0) is 11.3 Å². The molecule has 144 valence electrons. The standard InChI is InChI=1S/C21H22N4O3/c1-27-14-15-2-4-18(5-3-15)21(26)25-12-8-16(9-13-25)19-23-20(28-24-19)17-6-10-22-11-7-17/h2-7,10-11,16H,8-9,12-14H2,1H3. The maximum atomic E-state index is 12.7. The van der Waals surface area contributed by atoms with Gasteiger partial charge in [0.2, 0.25) is 0 Å². The molecule has 1 saturated heterocycles. The molecule has 0 N–H and O–H groups in total. The van der Waals surface area contributed by atoms with E-state index >= 15 is 0 Å². The molecule has 7 heteroatoms. The molecule has 1 aliphatic rings. The van der Waals surface area contributed by atoms with Crippen molar-refractivity contribution in [2.75, 3.05) is 20.2 Å². The topological polar surface area (TPSA) is 81.4 Å². The van der Waals surface area contributed by atoms with Crippen molar-refractivity contribution in [1.82, 2.24) is 20.0 Å². The molecule has 7 nitrogen and oxygen atoms in total. The molecule has 1 aromatic carbocycles. The first-order chi connectivity index (χ1) is 13.7. The highest BCUT2D eigenvalue weighted by molar-refractivity contribution is 5.94. The molecule has 0 aliphatic carbocycles. The van der Waals surface area contributed by atoms with Crippen molar-refractivity contribution in [3.63, 3.8) is 0 Å². The van der Waals surface area contributed by atoms with Gasteiger partial charge in [0.25, 0.3) is 11.8 Å². The summed E-state index contributed by atoms with van der Waals surface area (Å²) < 4.78 is 10.5. The second kappa shape index (κ2) is 8.31. The smallest absolute Gasteiger partial charge is 0.258 e. The molecule has 28 heavy (non-hydrogen) atoms. The number of carbonyl (C=O) groups is 1. The summed E-state index contributed by atoms with van der Waals surface area (Å²) in [6.07, 6.45) is 5.04. The molecule has 3 heterocycles. The first-order valence-corrected chi connectivity index (χ1v) is 9.36. The number of carbonyl (C=O) groups excluding carboxylic acids is 1. The van der Waals surface area contributed by atoms with Gasteiger partial charge in [0.15, 0.2) is 5.82 Å². The fourth-order valence-electron chi connectivity index (χ4n) is 3.45. The maximum Gasteiger partial charge on any atom is 0.258 e. The lowest BCUT2D eigenvalue weighted by Crippen LogP contribution is -2.38. The van der Waals surface area contributed by atoms with Crippen LogP contribution in [0.25, 0.3) is 11.5 Å². The van der Waals surface area contributed by atoms with E-state index in [1.165, 1.54) is 0 Å². The van der Waals surface area contributed by atoms with E-state index in [0.29, 0.717) is 37.0 Å². The van der Waals surface area contributed by atoms with Crippen LogP contribution in [0.3, 0.4) is 0 Å². The van der Waals surface area contributed by atoms with Crippen molar-refractivity contribution in [3.05, 3.63) is 65.7 Å². The number of likely N-dealkylation sites (tertiary alicyclic amines) is 1. The molecule has 0 radical (unpaired) electrons. The van der Waals surface area contributed by atoms with Crippen LogP contribution in [0.1, 0.15) is 40.5 Å². The summed E-state index contributed by atoms with van der Waals surface area (Å²) in [5, 5.41) is 4.15. The number of piperidine rings is 1. The minimum absolute atomic E-state index is 0.0630. The van der Waals surface area contributed by atoms with Crippen molar-refractivity contribution in [2.24, 2.45) is 0 Å². The monoisotopic (exact) mass is 378 g/mol. The highest BCUT2D eigenvalue weighted by Crippen LogP contribution is 2.28. The summed E-state index contributed by atoms with van der Waals surface area (Å²) in [6.45, 7) is 1.91.